The predicted octanol–water partition coefficient (Wildman–Crippen LogP) is 2.92. The number of carbonyl (C=O) groups excluding carboxylic acids is 1. The van der Waals surface area contributed by atoms with Crippen molar-refractivity contribution in [3.63, 3.8) is 0 Å². The lowest BCUT2D eigenvalue weighted by molar-refractivity contribution is -0.386. The van der Waals surface area contributed by atoms with Crippen molar-refractivity contribution >= 4 is 11.7 Å². The third-order valence-electron chi connectivity index (χ3n) is 6.47. The van der Waals surface area contributed by atoms with E-state index < -0.39 is 17.2 Å². The van der Waals surface area contributed by atoms with E-state index in [1.165, 1.54) is 38.5 Å². The van der Waals surface area contributed by atoms with Crippen LogP contribution < -0.4 is 9.84 Å². The molecule has 0 heterocycles. The molecule has 0 spiro atoms. The standard InChI is InChI=1S/C20H25NO6/c1-12(27-18-7-16(19(22)23)2-3-17(18)21(24)25)26-11-20-8-13-4-14(9-20)6-15(5-13)10-20/h2-3,7,12-15H,4-6,8-11H2,1H3,(H,22,23)/p-1. The lowest BCUT2D eigenvalue weighted by atomic mass is 9.50. The number of carboxylic acid groups (broad SMARTS) is 1. The van der Waals surface area contributed by atoms with E-state index in [-0.39, 0.29) is 22.4 Å². The van der Waals surface area contributed by atoms with Crippen molar-refractivity contribution in [2.24, 2.45) is 23.2 Å². The van der Waals surface area contributed by atoms with Crippen molar-refractivity contribution in [2.45, 2.75) is 51.7 Å². The first kappa shape index (κ1) is 18.2. The van der Waals surface area contributed by atoms with E-state index in [1.807, 2.05) is 0 Å². The molecule has 7 nitrogen and oxygen atoms in total. The van der Waals surface area contributed by atoms with Gasteiger partial charge in [0.05, 0.1) is 17.5 Å². The van der Waals surface area contributed by atoms with Gasteiger partial charge in [0, 0.05) is 11.6 Å². The molecule has 0 aromatic heterocycles. The highest BCUT2D eigenvalue weighted by Gasteiger charge is 2.51. The summed E-state index contributed by atoms with van der Waals surface area (Å²) in [5.41, 5.74) is -0.236. The first-order valence-corrected chi connectivity index (χ1v) is 9.62. The van der Waals surface area contributed by atoms with Crippen LogP contribution in [0.15, 0.2) is 18.2 Å². The van der Waals surface area contributed by atoms with Crippen LogP contribution in [0.25, 0.3) is 0 Å². The monoisotopic (exact) mass is 374 g/mol. The zero-order valence-corrected chi connectivity index (χ0v) is 15.4. The van der Waals surface area contributed by atoms with Gasteiger partial charge in [-0.3, -0.25) is 10.1 Å². The largest absolute Gasteiger partial charge is 0.545 e. The third-order valence-corrected chi connectivity index (χ3v) is 6.47. The average molecular weight is 374 g/mol. The molecule has 4 fully saturated rings. The summed E-state index contributed by atoms with van der Waals surface area (Å²) in [5.74, 6) is 0.933. The maximum atomic E-state index is 11.2. The molecular weight excluding hydrogens is 350 g/mol. The molecule has 1 unspecified atom stereocenters. The zero-order valence-electron chi connectivity index (χ0n) is 15.4. The molecule has 4 aliphatic rings. The van der Waals surface area contributed by atoms with Crippen molar-refractivity contribution in [1.29, 1.82) is 0 Å². The molecule has 1 aromatic rings. The molecule has 1 atom stereocenters. The molecule has 0 saturated heterocycles. The van der Waals surface area contributed by atoms with Gasteiger partial charge in [-0.15, -0.1) is 0 Å². The maximum absolute atomic E-state index is 11.2. The normalized spacial score (nSPS) is 32.3. The van der Waals surface area contributed by atoms with Crippen LogP contribution in [-0.2, 0) is 4.74 Å². The molecule has 0 aliphatic heterocycles. The summed E-state index contributed by atoms with van der Waals surface area (Å²) in [6.45, 7) is 2.28. The van der Waals surface area contributed by atoms with Gasteiger partial charge >= 0.3 is 5.69 Å². The number of hydrogen-bond acceptors (Lipinski definition) is 6. The van der Waals surface area contributed by atoms with Crippen LogP contribution in [0.4, 0.5) is 5.69 Å². The fraction of sp³-hybridized carbons (Fsp3) is 0.650. The zero-order chi connectivity index (χ0) is 19.2. The Balaban J connectivity index is 1.42. The van der Waals surface area contributed by atoms with E-state index in [2.05, 4.69) is 0 Å². The van der Waals surface area contributed by atoms with Gasteiger partial charge in [-0.1, -0.05) is 0 Å². The highest BCUT2D eigenvalue weighted by molar-refractivity contribution is 5.87. The number of benzene rings is 1. The minimum atomic E-state index is -1.41. The second kappa shape index (κ2) is 6.78. The number of nitro benzene ring substituents is 1. The Morgan fingerprint density at radius 2 is 1.81 bits per heavy atom. The van der Waals surface area contributed by atoms with E-state index in [4.69, 9.17) is 9.47 Å². The van der Waals surface area contributed by atoms with Crippen molar-refractivity contribution in [3.05, 3.63) is 33.9 Å². The highest BCUT2D eigenvalue weighted by atomic mass is 16.7. The van der Waals surface area contributed by atoms with Gasteiger partial charge in [-0.2, -0.15) is 0 Å². The molecule has 7 heteroatoms. The first-order valence-electron chi connectivity index (χ1n) is 9.62. The van der Waals surface area contributed by atoms with Crippen molar-refractivity contribution in [3.8, 4) is 5.75 Å². The fourth-order valence-corrected chi connectivity index (χ4v) is 5.86. The molecule has 0 radical (unpaired) electrons. The Hall–Kier alpha value is -2.15. The van der Waals surface area contributed by atoms with Crippen LogP contribution in [0.2, 0.25) is 0 Å². The minimum Gasteiger partial charge on any atom is -0.545 e. The number of rotatable bonds is 7. The second-order valence-electron chi connectivity index (χ2n) is 8.64. The van der Waals surface area contributed by atoms with Crippen LogP contribution in [0.5, 0.6) is 5.75 Å². The van der Waals surface area contributed by atoms with E-state index in [9.17, 15) is 20.0 Å². The summed E-state index contributed by atoms with van der Waals surface area (Å²) in [4.78, 5) is 21.6. The summed E-state index contributed by atoms with van der Waals surface area (Å²) in [7, 11) is 0. The summed E-state index contributed by atoms with van der Waals surface area (Å²) in [6, 6.07) is 3.38. The van der Waals surface area contributed by atoms with Gasteiger partial charge in [0.1, 0.15) is 0 Å². The lowest BCUT2D eigenvalue weighted by Gasteiger charge is -2.56. The second-order valence-corrected chi connectivity index (χ2v) is 8.64. The molecule has 4 bridgehead atoms. The summed E-state index contributed by atoms with van der Waals surface area (Å²) >= 11 is 0. The SMILES string of the molecule is CC(OCC12CC3CC(CC(C3)C1)C2)Oc1cc(C(=O)[O-])ccc1[N+](=O)[O-]. The number of aromatic carboxylic acids is 1. The molecule has 0 amide bonds. The number of ether oxygens (including phenoxy) is 2. The maximum Gasteiger partial charge on any atom is 0.311 e. The quantitative estimate of drug-likeness (QED) is 0.413. The van der Waals surface area contributed by atoms with Crippen LogP contribution >= 0.6 is 0 Å². The molecule has 4 aliphatic carbocycles. The van der Waals surface area contributed by atoms with E-state index in [0.29, 0.717) is 6.61 Å². The number of hydrogen-bond donors (Lipinski definition) is 0. The molecular formula is C20H24NO6-. The predicted molar refractivity (Wildman–Crippen MR) is 94.1 cm³/mol. The summed E-state index contributed by atoms with van der Waals surface area (Å²) in [5, 5.41) is 22.2. The van der Waals surface area contributed by atoms with Gasteiger partial charge < -0.3 is 19.4 Å². The Bertz CT molecular complexity index is 726. The fourth-order valence-electron chi connectivity index (χ4n) is 5.86. The highest BCUT2D eigenvalue weighted by Crippen LogP contribution is 2.60. The number of nitro groups is 1. The number of nitrogens with zero attached hydrogens (tertiary/aromatic N) is 1. The summed E-state index contributed by atoms with van der Waals surface area (Å²) < 4.78 is 11.6. The van der Waals surface area contributed by atoms with Crippen molar-refractivity contribution < 1.29 is 24.3 Å². The van der Waals surface area contributed by atoms with Gasteiger partial charge in [-0.25, -0.2) is 0 Å². The third kappa shape index (κ3) is 3.65. The van der Waals surface area contributed by atoms with Gasteiger partial charge in [0.25, 0.3) is 0 Å². The van der Waals surface area contributed by atoms with Crippen LogP contribution in [0, 0.1) is 33.3 Å². The molecule has 27 heavy (non-hydrogen) atoms. The molecule has 1 aromatic carbocycles. The number of carbonyl (C=O) groups is 1. The van der Waals surface area contributed by atoms with Crippen molar-refractivity contribution in [2.75, 3.05) is 6.61 Å². The Labute approximate surface area is 157 Å². The molecule has 5 rings (SSSR count). The average Bonchev–Trinajstić information content (AvgIpc) is 2.58. The molecule has 4 saturated carbocycles. The number of carboxylic acids is 1. The van der Waals surface area contributed by atoms with Crippen molar-refractivity contribution in [1.82, 2.24) is 0 Å². The van der Waals surface area contributed by atoms with Gasteiger partial charge in [0.15, 0.2) is 6.29 Å². The Morgan fingerprint density at radius 3 is 2.33 bits per heavy atom. The topological polar surface area (TPSA) is 102 Å². The molecule has 146 valence electrons. The van der Waals surface area contributed by atoms with Crippen LogP contribution in [0.3, 0.4) is 0 Å². The van der Waals surface area contributed by atoms with Crippen LogP contribution in [-0.4, -0.2) is 23.8 Å². The lowest BCUT2D eigenvalue weighted by Crippen LogP contribution is -2.48. The molecule has 0 N–H and O–H groups in total. The van der Waals surface area contributed by atoms with E-state index >= 15 is 0 Å². The van der Waals surface area contributed by atoms with E-state index in [0.717, 1.165) is 36.0 Å². The van der Waals surface area contributed by atoms with Crippen LogP contribution in [0.1, 0.15) is 55.8 Å². The van der Waals surface area contributed by atoms with E-state index in [1.54, 1.807) is 6.92 Å². The van der Waals surface area contributed by atoms with Gasteiger partial charge in [0.2, 0.25) is 5.75 Å². The smallest absolute Gasteiger partial charge is 0.311 e. The Kier molecular flexibility index (Phi) is 4.58. The Morgan fingerprint density at radius 1 is 1.22 bits per heavy atom. The first-order chi connectivity index (χ1) is 12.8. The minimum absolute atomic E-state index is 0.111. The van der Waals surface area contributed by atoms with Gasteiger partial charge in [-0.05, 0) is 80.8 Å². The summed E-state index contributed by atoms with van der Waals surface area (Å²) in [6.07, 6.45) is 6.97.